The van der Waals surface area contributed by atoms with E-state index >= 15 is 0 Å². The molecular weight excluding hydrogens is 168 g/mol. The molecule has 1 aliphatic rings. The molecule has 0 unspecified atom stereocenters. The zero-order valence-corrected chi connectivity index (χ0v) is 6.66. The summed E-state index contributed by atoms with van der Waals surface area (Å²) in [4.78, 5) is 11.2. The normalized spacial score (nSPS) is 44.1. The molecule has 46 valence electrons. The molecule has 2 atom stereocenters. The molecule has 8 heavy (non-hydrogen) atoms. The van der Waals surface area contributed by atoms with E-state index < -0.39 is 0 Å². The third-order valence-corrected chi connectivity index (χ3v) is 3.27. The monoisotopic (exact) mass is 176 g/mol. The summed E-state index contributed by atoms with van der Waals surface area (Å²) in [5.74, 6) is 0.305. The fourth-order valence-electron chi connectivity index (χ4n) is 0.678. The molecule has 0 amide bonds. The van der Waals surface area contributed by atoms with Crippen LogP contribution in [0.3, 0.4) is 0 Å². The Kier molecular flexibility index (Phi) is 1.23. The van der Waals surface area contributed by atoms with Crippen molar-refractivity contribution in [2.45, 2.75) is 25.1 Å². The average molecular weight is 177 g/mol. The molecule has 1 nitrogen and oxygen atoms in total. The number of hydrogen-bond acceptors (Lipinski definition) is 1. The molecule has 1 fully saturated rings. The number of carbonyl (C=O) groups excluding carboxylic acids is 1. The first-order valence-corrected chi connectivity index (χ1v) is 3.64. The van der Waals surface area contributed by atoms with Gasteiger partial charge in [0.05, 0.1) is 0 Å². The van der Waals surface area contributed by atoms with Gasteiger partial charge in [0.2, 0.25) is 0 Å². The lowest BCUT2D eigenvalue weighted by molar-refractivity contribution is -0.121. The van der Waals surface area contributed by atoms with Crippen molar-refractivity contribution in [3.05, 3.63) is 0 Å². The minimum atomic E-state index is -0.0139. The number of halogens is 1. The lowest BCUT2D eigenvalue weighted by Gasteiger charge is -1.99. The summed E-state index contributed by atoms with van der Waals surface area (Å²) in [5.41, 5.74) is -0.0139. The van der Waals surface area contributed by atoms with Crippen molar-refractivity contribution in [3.63, 3.8) is 0 Å². The van der Waals surface area contributed by atoms with E-state index in [1.54, 1.807) is 6.92 Å². The number of carbonyl (C=O) groups is 1. The Morgan fingerprint density at radius 3 is 2.25 bits per heavy atom. The molecule has 0 spiro atoms. The van der Waals surface area contributed by atoms with Gasteiger partial charge in [0.15, 0.2) is 0 Å². The highest BCUT2D eigenvalue weighted by molar-refractivity contribution is 9.09. The molecule has 0 aromatic heterocycles. The van der Waals surface area contributed by atoms with Crippen LogP contribution >= 0.6 is 15.9 Å². The maximum atomic E-state index is 10.7. The van der Waals surface area contributed by atoms with E-state index in [0.717, 1.165) is 6.42 Å². The first-order chi connectivity index (χ1) is 3.57. The van der Waals surface area contributed by atoms with Crippen LogP contribution in [0.5, 0.6) is 0 Å². The molecule has 2 heteroatoms. The van der Waals surface area contributed by atoms with Crippen LogP contribution < -0.4 is 0 Å². The molecule has 0 heterocycles. The van der Waals surface area contributed by atoms with Crippen LogP contribution in [0.2, 0.25) is 0 Å². The Labute approximate surface area is 57.6 Å². The number of alkyl halides is 1. The van der Waals surface area contributed by atoms with Gasteiger partial charge in [0.1, 0.15) is 5.78 Å². The molecule has 0 saturated heterocycles. The summed E-state index contributed by atoms with van der Waals surface area (Å²) in [6.45, 7) is 3.65. The third kappa shape index (κ3) is 0.711. The highest BCUT2D eigenvalue weighted by atomic mass is 79.9. The summed E-state index contributed by atoms with van der Waals surface area (Å²) in [7, 11) is 0. The zero-order chi connectivity index (χ0) is 6.36. The van der Waals surface area contributed by atoms with E-state index in [9.17, 15) is 4.79 Å². The van der Waals surface area contributed by atoms with Crippen molar-refractivity contribution in [2.75, 3.05) is 0 Å². The van der Waals surface area contributed by atoms with Gasteiger partial charge in [-0.15, -0.1) is 0 Å². The van der Waals surface area contributed by atoms with Crippen LogP contribution in [-0.2, 0) is 4.79 Å². The number of hydrogen-bond donors (Lipinski definition) is 0. The van der Waals surface area contributed by atoms with Crippen LogP contribution in [0.25, 0.3) is 0 Å². The number of ketones is 1. The van der Waals surface area contributed by atoms with Gasteiger partial charge in [-0.1, -0.05) is 22.9 Å². The largest absolute Gasteiger partial charge is 0.299 e. The van der Waals surface area contributed by atoms with Crippen LogP contribution in [0.15, 0.2) is 0 Å². The van der Waals surface area contributed by atoms with Crippen molar-refractivity contribution >= 4 is 21.7 Å². The summed E-state index contributed by atoms with van der Waals surface area (Å²) in [5, 5.41) is 0. The van der Waals surface area contributed by atoms with Gasteiger partial charge < -0.3 is 0 Å². The van der Waals surface area contributed by atoms with Crippen LogP contribution in [-0.4, -0.2) is 10.6 Å². The fraction of sp³-hybridized carbons (Fsp3) is 0.833. The first-order valence-electron chi connectivity index (χ1n) is 2.72. The zero-order valence-electron chi connectivity index (χ0n) is 5.07. The second kappa shape index (κ2) is 1.56. The topological polar surface area (TPSA) is 17.1 Å². The summed E-state index contributed by atoms with van der Waals surface area (Å²) in [6.07, 6.45) is 1.02. The Balaban J connectivity index is 2.60. The van der Waals surface area contributed by atoms with Gasteiger partial charge >= 0.3 is 0 Å². The quantitative estimate of drug-likeness (QED) is 0.557. The lowest BCUT2D eigenvalue weighted by atomic mass is 10.1. The second-order valence-corrected chi connectivity index (χ2v) is 3.75. The molecule has 0 aromatic carbocycles. The highest BCUT2D eigenvalue weighted by Gasteiger charge is 2.52. The second-order valence-electron chi connectivity index (χ2n) is 2.65. The highest BCUT2D eigenvalue weighted by Crippen LogP contribution is 2.51. The van der Waals surface area contributed by atoms with Crippen molar-refractivity contribution in [2.24, 2.45) is 5.41 Å². The molecule has 0 bridgehead atoms. The van der Waals surface area contributed by atoms with Gasteiger partial charge in [0, 0.05) is 10.2 Å². The number of Topliss-reactive ketones (excluding diaryl/α,β-unsaturated/α-hetero) is 1. The van der Waals surface area contributed by atoms with E-state index in [4.69, 9.17) is 0 Å². The maximum absolute atomic E-state index is 10.7. The molecule has 0 aliphatic heterocycles. The van der Waals surface area contributed by atoms with E-state index in [1.165, 1.54) is 0 Å². The van der Waals surface area contributed by atoms with Gasteiger partial charge in [-0.25, -0.2) is 0 Å². The van der Waals surface area contributed by atoms with Crippen molar-refractivity contribution in [1.82, 2.24) is 0 Å². The Hall–Kier alpha value is 0.150. The van der Waals surface area contributed by atoms with Crippen LogP contribution in [0.1, 0.15) is 20.3 Å². The SMILES string of the molecule is CC(=O)[C@]1(C)C[C@@H]1Br. The minimum absolute atomic E-state index is 0.0139. The van der Waals surface area contributed by atoms with Gasteiger partial charge in [-0.3, -0.25) is 4.79 Å². The summed E-state index contributed by atoms with van der Waals surface area (Å²) < 4.78 is 0. The Morgan fingerprint density at radius 1 is 1.88 bits per heavy atom. The lowest BCUT2D eigenvalue weighted by Crippen LogP contribution is -2.08. The standard InChI is InChI=1S/C6H9BrO/c1-4(8)6(2)3-5(6)7/h5H,3H2,1-2H3/t5-,6-/m0/s1. The van der Waals surface area contributed by atoms with E-state index in [1.807, 2.05) is 6.92 Å². The smallest absolute Gasteiger partial charge is 0.136 e. The fourth-order valence-corrected chi connectivity index (χ4v) is 1.67. The molecule has 0 radical (unpaired) electrons. The first kappa shape index (κ1) is 6.27. The van der Waals surface area contributed by atoms with Crippen molar-refractivity contribution in [3.8, 4) is 0 Å². The third-order valence-electron chi connectivity index (χ3n) is 1.94. The summed E-state index contributed by atoms with van der Waals surface area (Å²) >= 11 is 3.38. The van der Waals surface area contributed by atoms with Crippen molar-refractivity contribution in [1.29, 1.82) is 0 Å². The van der Waals surface area contributed by atoms with Gasteiger partial charge in [-0.2, -0.15) is 0 Å². The van der Waals surface area contributed by atoms with Gasteiger partial charge in [-0.05, 0) is 13.3 Å². The molecule has 1 saturated carbocycles. The van der Waals surface area contributed by atoms with E-state index in [-0.39, 0.29) is 5.41 Å². The van der Waals surface area contributed by atoms with Gasteiger partial charge in [0.25, 0.3) is 0 Å². The van der Waals surface area contributed by atoms with Crippen LogP contribution in [0, 0.1) is 5.41 Å². The molecule has 0 N–H and O–H groups in total. The predicted molar refractivity (Wildman–Crippen MR) is 36.1 cm³/mol. The van der Waals surface area contributed by atoms with Crippen molar-refractivity contribution < 1.29 is 4.79 Å². The van der Waals surface area contributed by atoms with E-state index in [0.29, 0.717) is 10.6 Å². The van der Waals surface area contributed by atoms with E-state index in [2.05, 4.69) is 15.9 Å². The number of rotatable bonds is 1. The Morgan fingerprint density at radius 2 is 2.25 bits per heavy atom. The molecular formula is C6H9BrO. The molecule has 1 rings (SSSR count). The average Bonchev–Trinajstić information content (AvgIpc) is 2.17. The molecule has 1 aliphatic carbocycles. The summed E-state index contributed by atoms with van der Waals surface area (Å²) in [6, 6.07) is 0. The molecule has 0 aromatic rings. The van der Waals surface area contributed by atoms with Crippen LogP contribution in [0.4, 0.5) is 0 Å². The maximum Gasteiger partial charge on any atom is 0.136 e. The Bertz CT molecular complexity index is 132. The minimum Gasteiger partial charge on any atom is -0.299 e. The predicted octanol–water partition coefficient (Wildman–Crippen LogP) is 1.75.